The Balaban J connectivity index is 3.05. The first-order valence-corrected chi connectivity index (χ1v) is 4.90. The van der Waals surface area contributed by atoms with Crippen LogP contribution in [0.3, 0.4) is 0 Å². The van der Waals surface area contributed by atoms with E-state index >= 15 is 0 Å². The van der Waals surface area contributed by atoms with Crippen molar-refractivity contribution in [3.05, 3.63) is 35.4 Å². The number of hydrogen-bond acceptors (Lipinski definition) is 2. The van der Waals surface area contributed by atoms with Crippen LogP contribution in [0, 0.1) is 0 Å². The van der Waals surface area contributed by atoms with E-state index in [0.717, 1.165) is 24.0 Å². The van der Waals surface area contributed by atoms with Crippen LogP contribution in [0.15, 0.2) is 29.8 Å². The summed E-state index contributed by atoms with van der Waals surface area (Å²) >= 11 is 0. The molecule has 76 valence electrons. The zero-order chi connectivity index (χ0) is 10.6. The van der Waals surface area contributed by atoms with Crippen molar-refractivity contribution >= 4 is 11.4 Å². The van der Waals surface area contributed by atoms with Gasteiger partial charge in [-0.1, -0.05) is 25.5 Å². The zero-order valence-corrected chi connectivity index (χ0v) is 8.75. The molecule has 0 bridgehead atoms. The van der Waals surface area contributed by atoms with Gasteiger partial charge in [0.25, 0.3) is 0 Å². The molecular formula is C12H17NO. The first kappa shape index (κ1) is 10.6. The molecule has 0 aromatic heterocycles. The van der Waals surface area contributed by atoms with Crippen molar-refractivity contribution in [3.63, 3.8) is 0 Å². The average molecular weight is 191 g/mol. The van der Waals surface area contributed by atoms with Gasteiger partial charge in [-0.05, 0) is 31.1 Å². The zero-order valence-electron chi connectivity index (χ0n) is 8.75. The fraction of sp³-hybridized carbons (Fsp3) is 0.333. The number of para-hydroxylation sites is 1. The van der Waals surface area contributed by atoms with E-state index in [-0.39, 0.29) is 0 Å². The maximum absolute atomic E-state index is 9.90. The maximum atomic E-state index is 9.90. The minimum atomic E-state index is 0.324. The fourth-order valence-corrected chi connectivity index (χ4v) is 1.44. The van der Waals surface area contributed by atoms with E-state index < -0.39 is 0 Å². The number of nitrogens with two attached hydrogens (primary N) is 1. The van der Waals surface area contributed by atoms with Crippen molar-refractivity contribution in [1.29, 1.82) is 0 Å². The Morgan fingerprint density at radius 1 is 1.36 bits per heavy atom. The normalized spacial score (nSPS) is 12.4. The number of hydrogen-bond donors (Lipinski definition) is 2. The third-order valence-corrected chi connectivity index (χ3v) is 2.25. The van der Waals surface area contributed by atoms with Gasteiger partial charge in [-0.25, -0.2) is 0 Å². The smallest absolute Gasteiger partial charge is 0.123 e. The van der Waals surface area contributed by atoms with Gasteiger partial charge in [-0.2, -0.15) is 0 Å². The van der Waals surface area contributed by atoms with Crippen LogP contribution in [0.5, 0.6) is 0 Å². The summed E-state index contributed by atoms with van der Waals surface area (Å²) in [6, 6.07) is 7.37. The van der Waals surface area contributed by atoms with Crippen LogP contribution in [0.2, 0.25) is 0 Å². The molecule has 0 aliphatic rings. The highest BCUT2D eigenvalue weighted by molar-refractivity contribution is 5.71. The summed E-state index contributed by atoms with van der Waals surface area (Å²) < 4.78 is 0. The number of aliphatic hydroxyl groups is 1. The molecule has 2 heteroatoms. The number of aliphatic hydroxyl groups excluding tert-OH is 1. The molecule has 0 aliphatic heterocycles. The lowest BCUT2D eigenvalue weighted by molar-refractivity contribution is 0.504. The Morgan fingerprint density at radius 3 is 2.57 bits per heavy atom. The highest BCUT2D eigenvalue weighted by Gasteiger charge is 2.05. The molecule has 0 fully saturated rings. The Labute approximate surface area is 85.1 Å². The SMILES string of the molecule is CCC/C(C)=C(/O)c1ccccc1N. The van der Waals surface area contributed by atoms with E-state index in [2.05, 4.69) is 6.92 Å². The predicted octanol–water partition coefficient (Wildman–Crippen LogP) is 3.36. The lowest BCUT2D eigenvalue weighted by atomic mass is 10.0. The molecule has 0 spiro atoms. The highest BCUT2D eigenvalue weighted by atomic mass is 16.3. The predicted molar refractivity (Wildman–Crippen MR) is 61.0 cm³/mol. The quantitative estimate of drug-likeness (QED) is 0.568. The van der Waals surface area contributed by atoms with Gasteiger partial charge in [-0.3, -0.25) is 0 Å². The summed E-state index contributed by atoms with van der Waals surface area (Å²) in [5.74, 6) is 0.324. The molecule has 0 aliphatic carbocycles. The maximum Gasteiger partial charge on any atom is 0.123 e. The second-order valence-corrected chi connectivity index (χ2v) is 3.47. The van der Waals surface area contributed by atoms with Crippen LogP contribution >= 0.6 is 0 Å². The van der Waals surface area contributed by atoms with E-state index in [1.807, 2.05) is 25.1 Å². The molecule has 1 aromatic carbocycles. The van der Waals surface area contributed by atoms with E-state index in [1.165, 1.54) is 0 Å². The van der Waals surface area contributed by atoms with Crippen LogP contribution in [-0.4, -0.2) is 5.11 Å². The van der Waals surface area contributed by atoms with Crippen LogP contribution in [0.1, 0.15) is 32.3 Å². The van der Waals surface area contributed by atoms with Crippen LogP contribution in [-0.2, 0) is 0 Å². The second kappa shape index (κ2) is 4.70. The second-order valence-electron chi connectivity index (χ2n) is 3.47. The number of rotatable bonds is 3. The van der Waals surface area contributed by atoms with Crippen molar-refractivity contribution in [2.75, 3.05) is 5.73 Å². The van der Waals surface area contributed by atoms with Crippen molar-refractivity contribution < 1.29 is 5.11 Å². The number of nitrogen functional groups attached to an aromatic ring is 1. The first-order valence-electron chi connectivity index (χ1n) is 4.90. The average Bonchev–Trinajstić information content (AvgIpc) is 2.18. The molecule has 1 rings (SSSR count). The molecule has 0 saturated heterocycles. The van der Waals surface area contributed by atoms with Gasteiger partial charge in [0.05, 0.1) is 0 Å². The topological polar surface area (TPSA) is 46.2 Å². The Kier molecular flexibility index (Phi) is 3.57. The van der Waals surface area contributed by atoms with E-state index in [9.17, 15) is 5.11 Å². The Hall–Kier alpha value is -1.44. The summed E-state index contributed by atoms with van der Waals surface area (Å²) in [7, 11) is 0. The monoisotopic (exact) mass is 191 g/mol. The van der Waals surface area contributed by atoms with Crippen LogP contribution < -0.4 is 5.73 Å². The molecular weight excluding hydrogens is 174 g/mol. The number of anilines is 1. The largest absolute Gasteiger partial charge is 0.507 e. The third kappa shape index (κ3) is 2.28. The molecule has 3 N–H and O–H groups in total. The van der Waals surface area contributed by atoms with Gasteiger partial charge in [0.2, 0.25) is 0 Å². The molecule has 0 unspecified atom stereocenters. The van der Waals surface area contributed by atoms with Gasteiger partial charge in [0, 0.05) is 11.3 Å². The van der Waals surface area contributed by atoms with Crippen molar-refractivity contribution in [1.82, 2.24) is 0 Å². The molecule has 0 radical (unpaired) electrons. The summed E-state index contributed by atoms with van der Waals surface area (Å²) in [6.07, 6.45) is 1.93. The third-order valence-electron chi connectivity index (χ3n) is 2.25. The summed E-state index contributed by atoms with van der Waals surface area (Å²) in [6.45, 7) is 4.02. The number of allylic oxidation sites excluding steroid dienone is 1. The molecule has 0 saturated carbocycles. The molecule has 0 heterocycles. The summed E-state index contributed by atoms with van der Waals surface area (Å²) in [4.78, 5) is 0. The van der Waals surface area contributed by atoms with E-state index in [4.69, 9.17) is 5.73 Å². The number of benzene rings is 1. The van der Waals surface area contributed by atoms with E-state index in [1.54, 1.807) is 6.07 Å². The van der Waals surface area contributed by atoms with Gasteiger partial charge in [0.15, 0.2) is 0 Å². The molecule has 0 atom stereocenters. The summed E-state index contributed by atoms with van der Waals surface area (Å²) in [5.41, 5.74) is 8.11. The van der Waals surface area contributed by atoms with Gasteiger partial charge < -0.3 is 10.8 Å². The van der Waals surface area contributed by atoms with E-state index in [0.29, 0.717) is 11.4 Å². The summed E-state index contributed by atoms with van der Waals surface area (Å²) in [5, 5.41) is 9.90. The van der Waals surface area contributed by atoms with Crippen LogP contribution in [0.4, 0.5) is 5.69 Å². The Morgan fingerprint density at radius 2 is 2.00 bits per heavy atom. The van der Waals surface area contributed by atoms with Gasteiger partial charge in [0.1, 0.15) is 5.76 Å². The van der Waals surface area contributed by atoms with Crippen LogP contribution in [0.25, 0.3) is 5.76 Å². The van der Waals surface area contributed by atoms with Gasteiger partial charge >= 0.3 is 0 Å². The molecule has 0 amide bonds. The Bertz CT molecular complexity index is 342. The molecule has 2 nitrogen and oxygen atoms in total. The minimum Gasteiger partial charge on any atom is -0.507 e. The highest BCUT2D eigenvalue weighted by Crippen LogP contribution is 2.23. The molecule has 1 aromatic rings. The lowest BCUT2D eigenvalue weighted by Crippen LogP contribution is -1.95. The lowest BCUT2D eigenvalue weighted by Gasteiger charge is -2.07. The standard InChI is InChI=1S/C12H17NO/c1-3-6-9(2)12(14)10-7-4-5-8-11(10)13/h4-5,7-8,14H,3,6,13H2,1-2H3/b12-9+. The van der Waals surface area contributed by atoms with Crippen molar-refractivity contribution in [3.8, 4) is 0 Å². The van der Waals surface area contributed by atoms with Crippen molar-refractivity contribution in [2.24, 2.45) is 0 Å². The van der Waals surface area contributed by atoms with Crippen molar-refractivity contribution in [2.45, 2.75) is 26.7 Å². The minimum absolute atomic E-state index is 0.324. The van der Waals surface area contributed by atoms with Gasteiger partial charge in [-0.15, -0.1) is 0 Å². The fourth-order valence-electron chi connectivity index (χ4n) is 1.44. The first-order chi connectivity index (χ1) is 6.66. The molecule has 14 heavy (non-hydrogen) atoms.